The van der Waals surface area contributed by atoms with Crippen molar-refractivity contribution in [1.82, 2.24) is 10.2 Å². The van der Waals surface area contributed by atoms with Crippen LogP contribution in [-0.4, -0.2) is 32.0 Å². The fraction of sp³-hybridized carbons (Fsp3) is 0.167. The van der Waals surface area contributed by atoms with E-state index in [-0.39, 0.29) is 0 Å². The minimum absolute atomic E-state index is 0.425. The number of ether oxygens (including phenoxy) is 1. The quantitative estimate of drug-likeness (QED) is 0.917. The lowest BCUT2D eigenvalue weighted by Gasteiger charge is -2.06. The SMILES string of the molecule is COc1ccc(-c2cccc(NS(C)(=O)=O)c2)nn1. The van der Waals surface area contributed by atoms with Crippen molar-refractivity contribution in [3.63, 3.8) is 0 Å². The van der Waals surface area contributed by atoms with Crippen molar-refractivity contribution in [2.45, 2.75) is 0 Å². The number of methoxy groups -OCH3 is 1. The number of benzene rings is 1. The van der Waals surface area contributed by atoms with Crippen LogP contribution in [0.3, 0.4) is 0 Å². The zero-order chi connectivity index (χ0) is 13.9. The van der Waals surface area contributed by atoms with Crippen LogP contribution in [0.15, 0.2) is 36.4 Å². The minimum Gasteiger partial charge on any atom is -0.480 e. The van der Waals surface area contributed by atoms with Gasteiger partial charge in [0.05, 0.1) is 19.1 Å². The Bertz CT molecular complexity index is 669. The van der Waals surface area contributed by atoms with Gasteiger partial charge in [-0.15, -0.1) is 10.2 Å². The molecular weight excluding hydrogens is 266 g/mol. The molecule has 1 N–H and O–H groups in total. The van der Waals surface area contributed by atoms with Crippen molar-refractivity contribution in [1.29, 1.82) is 0 Å². The van der Waals surface area contributed by atoms with Gasteiger partial charge in [0.15, 0.2) is 0 Å². The Kier molecular flexibility index (Phi) is 3.66. The van der Waals surface area contributed by atoms with Crippen molar-refractivity contribution in [2.75, 3.05) is 18.1 Å². The topological polar surface area (TPSA) is 81.2 Å². The number of aromatic nitrogens is 2. The molecule has 19 heavy (non-hydrogen) atoms. The molecule has 6 nitrogen and oxygen atoms in total. The van der Waals surface area contributed by atoms with Gasteiger partial charge in [0, 0.05) is 17.3 Å². The maximum atomic E-state index is 11.2. The lowest BCUT2D eigenvalue weighted by Crippen LogP contribution is -2.09. The van der Waals surface area contributed by atoms with Crippen LogP contribution in [0.25, 0.3) is 11.3 Å². The summed E-state index contributed by atoms with van der Waals surface area (Å²) in [5.41, 5.74) is 1.89. The molecule has 0 bridgehead atoms. The minimum atomic E-state index is -3.29. The molecule has 0 unspecified atom stereocenters. The molecule has 0 spiro atoms. The summed E-state index contributed by atoms with van der Waals surface area (Å²) in [5, 5.41) is 7.87. The van der Waals surface area contributed by atoms with Crippen molar-refractivity contribution in [2.24, 2.45) is 0 Å². The second-order valence-electron chi connectivity index (χ2n) is 3.92. The molecule has 2 rings (SSSR count). The van der Waals surface area contributed by atoms with E-state index in [1.165, 1.54) is 7.11 Å². The van der Waals surface area contributed by atoms with Crippen LogP contribution in [-0.2, 0) is 10.0 Å². The van der Waals surface area contributed by atoms with Gasteiger partial charge < -0.3 is 4.74 Å². The van der Waals surface area contributed by atoms with Crippen LogP contribution in [0.5, 0.6) is 5.88 Å². The summed E-state index contributed by atoms with van der Waals surface area (Å²) in [5.74, 6) is 0.425. The summed E-state index contributed by atoms with van der Waals surface area (Å²) in [6, 6.07) is 10.4. The third kappa shape index (κ3) is 3.65. The van der Waals surface area contributed by atoms with Gasteiger partial charge in [-0.2, -0.15) is 0 Å². The lowest BCUT2D eigenvalue weighted by atomic mass is 10.1. The molecule has 2 aromatic rings. The average Bonchev–Trinajstić information content (AvgIpc) is 2.37. The maximum absolute atomic E-state index is 11.2. The number of anilines is 1. The molecule has 0 radical (unpaired) electrons. The van der Waals surface area contributed by atoms with Gasteiger partial charge in [0.25, 0.3) is 0 Å². The monoisotopic (exact) mass is 279 g/mol. The number of rotatable bonds is 4. The molecule has 1 heterocycles. The molecule has 1 aromatic heterocycles. The van der Waals surface area contributed by atoms with Crippen LogP contribution in [0, 0.1) is 0 Å². The number of hydrogen-bond acceptors (Lipinski definition) is 5. The standard InChI is InChI=1S/C12H13N3O3S/c1-18-12-7-6-11(13-14-12)9-4-3-5-10(8-9)15-19(2,16)17/h3-8,15H,1-2H3. The highest BCUT2D eigenvalue weighted by molar-refractivity contribution is 7.92. The summed E-state index contributed by atoms with van der Waals surface area (Å²) >= 11 is 0. The first kappa shape index (κ1) is 13.3. The molecule has 0 aliphatic heterocycles. The Morgan fingerprint density at radius 2 is 1.95 bits per heavy atom. The van der Waals surface area contributed by atoms with Gasteiger partial charge in [-0.3, -0.25) is 4.72 Å². The molecule has 0 amide bonds. The molecular formula is C12H13N3O3S. The summed E-state index contributed by atoms with van der Waals surface area (Å²) in [7, 11) is -1.78. The highest BCUT2D eigenvalue weighted by Crippen LogP contribution is 2.21. The summed E-state index contributed by atoms with van der Waals surface area (Å²) < 4.78 is 29.7. The van der Waals surface area contributed by atoms with E-state index in [1.807, 2.05) is 6.07 Å². The van der Waals surface area contributed by atoms with Gasteiger partial charge in [0.1, 0.15) is 0 Å². The summed E-state index contributed by atoms with van der Waals surface area (Å²) in [6.45, 7) is 0. The molecule has 1 aromatic carbocycles. The predicted octanol–water partition coefficient (Wildman–Crippen LogP) is 1.52. The molecule has 0 saturated heterocycles. The van der Waals surface area contributed by atoms with E-state index < -0.39 is 10.0 Å². The Morgan fingerprint density at radius 3 is 2.53 bits per heavy atom. The smallest absolute Gasteiger partial charge is 0.233 e. The first-order valence-corrected chi connectivity index (χ1v) is 7.33. The maximum Gasteiger partial charge on any atom is 0.233 e. The molecule has 100 valence electrons. The van der Waals surface area contributed by atoms with Gasteiger partial charge in [-0.1, -0.05) is 12.1 Å². The number of sulfonamides is 1. The third-order valence-electron chi connectivity index (χ3n) is 2.31. The van der Waals surface area contributed by atoms with E-state index >= 15 is 0 Å². The van der Waals surface area contributed by atoms with Crippen LogP contribution in [0.2, 0.25) is 0 Å². The van der Waals surface area contributed by atoms with E-state index in [2.05, 4.69) is 14.9 Å². The van der Waals surface area contributed by atoms with Crippen LogP contribution in [0.1, 0.15) is 0 Å². The zero-order valence-electron chi connectivity index (χ0n) is 10.5. The number of nitrogens with zero attached hydrogens (tertiary/aromatic N) is 2. The third-order valence-corrected chi connectivity index (χ3v) is 2.92. The van der Waals surface area contributed by atoms with Crippen LogP contribution < -0.4 is 9.46 Å². The van der Waals surface area contributed by atoms with Crippen LogP contribution in [0.4, 0.5) is 5.69 Å². The van der Waals surface area contributed by atoms with E-state index in [9.17, 15) is 8.42 Å². The Morgan fingerprint density at radius 1 is 1.16 bits per heavy atom. The van der Waals surface area contributed by atoms with Crippen molar-refractivity contribution >= 4 is 15.7 Å². The Balaban J connectivity index is 2.32. The van der Waals surface area contributed by atoms with Crippen molar-refractivity contribution < 1.29 is 13.2 Å². The van der Waals surface area contributed by atoms with Crippen molar-refractivity contribution in [3.05, 3.63) is 36.4 Å². The Labute approximate surface area is 111 Å². The second-order valence-corrected chi connectivity index (χ2v) is 5.66. The van der Waals surface area contributed by atoms with Gasteiger partial charge >= 0.3 is 0 Å². The molecule has 0 atom stereocenters. The highest BCUT2D eigenvalue weighted by atomic mass is 32.2. The van der Waals surface area contributed by atoms with E-state index in [1.54, 1.807) is 30.3 Å². The second kappa shape index (κ2) is 5.23. The summed E-state index contributed by atoms with van der Waals surface area (Å²) in [4.78, 5) is 0. The normalized spacial score (nSPS) is 11.1. The molecule has 0 aliphatic rings. The van der Waals surface area contributed by atoms with E-state index in [0.29, 0.717) is 17.3 Å². The molecule has 7 heteroatoms. The fourth-order valence-corrected chi connectivity index (χ4v) is 2.09. The van der Waals surface area contributed by atoms with Crippen molar-refractivity contribution in [3.8, 4) is 17.1 Å². The lowest BCUT2D eigenvalue weighted by molar-refractivity contribution is 0.392. The van der Waals surface area contributed by atoms with Gasteiger partial charge in [-0.25, -0.2) is 8.42 Å². The van der Waals surface area contributed by atoms with Gasteiger partial charge in [-0.05, 0) is 18.2 Å². The van der Waals surface area contributed by atoms with Crippen LogP contribution >= 0.6 is 0 Å². The number of nitrogens with one attached hydrogen (secondary N) is 1. The first-order valence-electron chi connectivity index (χ1n) is 5.44. The summed E-state index contributed by atoms with van der Waals surface area (Å²) in [6.07, 6.45) is 1.10. The Hall–Kier alpha value is -2.15. The molecule has 0 fully saturated rings. The fourth-order valence-electron chi connectivity index (χ4n) is 1.54. The van der Waals surface area contributed by atoms with Gasteiger partial charge in [0.2, 0.25) is 15.9 Å². The van der Waals surface area contributed by atoms with E-state index in [4.69, 9.17) is 4.74 Å². The first-order chi connectivity index (χ1) is 8.98. The zero-order valence-corrected chi connectivity index (χ0v) is 11.3. The predicted molar refractivity (Wildman–Crippen MR) is 72.5 cm³/mol. The average molecular weight is 279 g/mol. The highest BCUT2D eigenvalue weighted by Gasteiger charge is 2.05. The van der Waals surface area contributed by atoms with E-state index in [0.717, 1.165) is 11.8 Å². The molecule has 0 saturated carbocycles. The molecule has 0 aliphatic carbocycles. The number of hydrogen-bond donors (Lipinski definition) is 1. The largest absolute Gasteiger partial charge is 0.480 e.